The Morgan fingerprint density at radius 2 is 2.21 bits per heavy atom. The zero-order valence-electron chi connectivity index (χ0n) is 8.16. The molecule has 0 fully saturated rings. The summed E-state index contributed by atoms with van der Waals surface area (Å²) in [5, 5.41) is 9.16. The predicted octanol–water partition coefficient (Wildman–Crippen LogP) is 1.09. The predicted molar refractivity (Wildman–Crippen MR) is 54.1 cm³/mol. The molecule has 2 rings (SSSR count). The molecule has 0 unspecified atom stereocenters. The zero-order valence-corrected chi connectivity index (χ0v) is 8.16. The number of rotatable bonds is 1. The van der Waals surface area contributed by atoms with Gasteiger partial charge in [-0.1, -0.05) is 18.2 Å². The molecule has 1 aliphatic heterocycles. The number of hydrogen-bond acceptors (Lipinski definition) is 2. The molecule has 0 saturated carbocycles. The van der Waals surface area contributed by atoms with Gasteiger partial charge < -0.3 is 10.0 Å². The molecule has 3 heteroatoms. The van der Waals surface area contributed by atoms with Crippen LogP contribution >= 0.6 is 0 Å². The molecule has 0 aromatic heterocycles. The third kappa shape index (κ3) is 1.30. The van der Waals surface area contributed by atoms with E-state index in [4.69, 9.17) is 5.11 Å². The van der Waals surface area contributed by atoms with E-state index in [0.29, 0.717) is 6.42 Å². The van der Waals surface area contributed by atoms with Crippen LogP contribution in [0.4, 0.5) is 5.69 Å². The number of amides is 1. The summed E-state index contributed by atoms with van der Waals surface area (Å²) in [6.45, 7) is -0.0131. The highest BCUT2D eigenvalue weighted by Gasteiger charge is 2.22. The van der Waals surface area contributed by atoms with Gasteiger partial charge in [-0.25, -0.2) is 0 Å². The van der Waals surface area contributed by atoms with Crippen LogP contribution < -0.4 is 4.90 Å². The molecule has 0 saturated heterocycles. The average molecular weight is 191 g/mol. The molecule has 14 heavy (non-hydrogen) atoms. The van der Waals surface area contributed by atoms with Gasteiger partial charge in [0.1, 0.15) is 0 Å². The highest BCUT2D eigenvalue weighted by Crippen LogP contribution is 2.30. The molecule has 1 aromatic carbocycles. The first-order chi connectivity index (χ1) is 6.74. The minimum absolute atomic E-state index is 0.0131. The van der Waals surface area contributed by atoms with E-state index >= 15 is 0 Å². The van der Waals surface area contributed by atoms with Crippen LogP contribution in [0.15, 0.2) is 18.2 Å². The Bertz CT molecular complexity index is 359. The van der Waals surface area contributed by atoms with Gasteiger partial charge in [0.25, 0.3) is 0 Å². The van der Waals surface area contributed by atoms with Gasteiger partial charge in [0.2, 0.25) is 5.91 Å². The van der Waals surface area contributed by atoms with Crippen LogP contribution in [-0.4, -0.2) is 18.1 Å². The van der Waals surface area contributed by atoms with E-state index in [1.165, 1.54) is 0 Å². The normalized spacial score (nSPS) is 15.6. The third-order valence-electron chi connectivity index (χ3n) is 2.69. The second-order valence-electron chi connectivity index (χ2n) is 3.54. The van der Waals surface area contributed by atoms with E-state index in [9.17, 15) is 4.79 Å². The van der Waals surface area contributed by atoms with Gasteiger partial charge in [0.05, 0.1) is 12.3 Å². The molecule has 1 aromatic rings. The van der Waals surface area contributed by atoms with E-state index < -0.39 is 0 Å². The Morgan fingerprint density at radius 1 is 1.43 bits per heavy atom. The number of aryl methyl sites for hydroxylation is 1. The summed E-state index contributed by atoms with van der Waals surface area (Å²) in [7, 11) is 1.76. The SMILES string of the molecule is CN1C(=O)CCc2cccc(CO)c21. The van der Waals surface area contributed by atoms with E-state index in [2.05, 4.69) is 0 Å². The molecular weight excluding hydrogens is 178 g/mol. The monoisotopic (exact) mass is 191 g/mol. The molecule has 0 atom stereocenters. The first-order valence-corrected chi connectivity index (χ1v) is 4.72. The number of aliphatic hydroxyl groups excluding tert-OH is 1. The number of benzene rings is 1. The maximum atomic E-state index is 11.5. The van der Waals surface area contributed by atoms with Gasteiger partial charge in [-0.15, -0.1) is 0 Å². The van der Waals surface area contributed by atoms with Gasteiger partial charge in [-0.2, -0.15) is 0 Å². The molecule has 1 amide bonds. The van der Waals surface area contributed by atoms with Gasteiger partial charge in [-0.3, -0.25) is 4.79 Å². The summed E-state index contributed by atoms with van der Waals surface area (Å²) in [6, 6.07) is 5.79. The first kappa shape index (κ1) is 9.21. The van der Waals surface area contributed by atoms with Crippen molar-refractivity contribution in [2.75, 3.05) is 11.9 Å². The van der Waals surface area contributed by atoms with E-state index in [-0.39, 0.29) is 12.5 Å². The summed E-state index contributed by atoms with van der Waals surface area (Å²) in [5.41, 5.74) is 2.88. The quantitative estimate of drug-likeness (QED) is 0.721. The van der Waals surface area contributed by atoms with Gasteiger partial charge in [0.15, 0.2) is 0 Å². The second-order valence-corrected chi connectivity index (χ2v) is 3.54. The molecular formula is C11H13NO2. The Labute approximate surface area is 83.0 Å². The van der Waals surface area contributed by atoms with Crippen LogP contribution in [0, 0.1) is 0 Å². The second kappa shape index (κ2) is 3.42. The lowest BCUT2D eigenvalue weighted by atomic mass is 9.98. The fourth-order valence-electron chi connectivity index (χ4n) is 1.94. The van der Waals surface area contributed by atoms with Gasteiger partial charge >= 0.3 is 0 Å². The first-order valence-electron chi connectivity index (χ1n) is 4.72. The fourth-order valence-corrected chi connectivity index (χ4v) is 1.94. The van der Waals surface area contributed by atoms with Crippen molar-refractivity contribution in [1.82, 2.24) is 0 Å². The number of anilines is 1. The minimum Gasteiger partial charge on any atom is -0.392 e. The maximum Gasteiger partial charge on any atom is 0.227 e. The van der Waals surface area contributed by atoms with Crippen LogP contribution in [0.3, 0.4) is 0 Å². The lowest BCUT2D eigenvalue weighted by Crippen LogP contribution is -2.32. The number of carbonyl (C=O) groups is 1. The van der Waals surface area contributed by atoms with Crippen molar-refractivity contribution in [2.45, 2.75) is 19.4 Å². The summed E-state index contributed by atoms with van der Waals surface area (Å²) in [4.78, 5) is 13.1. The van der Waals surface area contributed by atoms with Crippen LogP contribution in [0.5, 0.6) is 0 Å². The van der Waals surface area contributed by atoms with Crippen molar-refractivity contribution >= 4 is 11.6 Å². The van der Waals surface area contributed by atoms with Gasteiger partial charge in [0, 0.05) is 19.0 Å². The number of para-hydroxylation sites is 1. The molecule has 1 N–H and O–H groups in total. The molecule has 3 nitrogen and oxygen atoms in total. The zero-order chi connectivity index (χ0) is 10.1. The highest BCUT2D eigenvalue weighted by atomic mass is 16.3. The van der Waals surface area contributed by atoms with Crippen molar-refractivity contribution < 1.29 is 9.90 Å². The largest absolute Gasteiger partial charge is 0.392 e. The lowest BCUT2D eigenvalue weighted by molar-refractivity contribution is -0.118. The Morgan fingerprint density at radius 3 is 2.93 bits per heavy atom. The Balaban J connectivity index is 2.55. The molecule has 0 spiro atoms. The molecule has 0 radical (unpaired) electrons. The number of nitrogens with zero attached hydrogens (tertiary/aromatic N) is 1. The highest BCUT2D eigenvalue weighted by molar-refractivity contribution is 5.96. The van der Waals surface area contributed by atoms with Crippen LogP contribution in [0.1, 0.15) is 17.5 Å². The fraction of sp³-hybridized carbons (Fsp3) is 0.364. The van der Waals surface area contributed by atoms with Crippen LogP contribution in [0.25, 0.3) is 0 Å². The van der Waals surface area contributed by atoms with E-state index in [1.54, 1.807) is 11.9 Å². The summed E-state index contributed by atoms with van der Waals surface area (Å²) in [5.74, 6) is 0.124. The Kier molecular flexibility index (Phi) is 2.25. The van der Waals surface area contributed by atoms with E-state index in [0.717, 1.165) is 23.2 Å². The van der Waals surface area contributed by atoms with Crippen molar-refractivity contribution in [2.24, 2.45) is 0 Å². The average Bonchev–Trinajstić information content (AvgIpc) is 2.23. The number of carbonyl (C=O) groups excluding carboxylic acids is 1. The Hall–Kier alpha value is -1.35. The standard InChI is InChI=1S/C11H13NO2/c1-12-10(14)6-5-8-3-2-4-9(7-13)11(8)12/h2-4,13H,5-7H2,1H3. The maximum absolute atomic E-state index is 11.5. The third-order valence-corrected chi connectivity index (χ3v) is 2.69. The van der Waals surface area contributed by atoms with Crippen molar-refractivity contribution in [1.29, 1.82) is 0 Å². The van der Waals surface area contributed by atoms with Crippen molar-refractivity contribution in [3.05, 3.63) is 29.3 Å². The number of aliphatic hydroxyl groups is 1. The smallest absolute Gasteiger partial charge is 0.227 e. The minimum atomic E-state index is -0.0131. The van der Waals surface area contributed by atoms with Crippen molar-refractivity contribution in [3.8, 4) is 0 Å². The van der Waals surface area contributed by atoms with Crippen LogP contribution in [0.2, 0.25) is 0 Å². The molecule has 0 aliphatic carbocycles. The summed E-state index contributed by atoms with van der Waals surface area (Å²) < 4.78 is 0. The molecule has 1 heterocycles. The van der Waals surface area contributed by atoms with E-state index in [1.807, 2.05) is 18.2 Å². The topological polar surface area (TPSA) is 40.5 Å². The van der Waals surface area contributed by atoms with Gasteiger partial charge in [-0.05, 0) is 12.0 Å². The van der Waals surface area contributed by atoms with Crippen LogP contribution in [-0.2, 0) is 17.8 Å². The molecule has 1 aliphatic rings. The van der Waals surface area contributed by atoms with Crippen molar-refractivity contribution in [3.63, 3.8) is 0 Å². The number of fused-ring (bicyclic) bond motifs is 1. The summed E-state index contributed by atoms with van der Waals surface area (Å²) >= 11 is 0. The summed E-state index contributed by atoms with van der Waals surface area (Å²) in [6.07, 6.45) is 1.35. The molecule has 0 bridgehead atoms. The lowest BCUT2D eigenvalue weighted by Gasteiger charge is -2.27. The molecule has 74 valence electrons. The number of hydrogen-bond donors (Lipinski definition) is 1.